The molecule has 0 aromatic rings. The standard InChI is InChI=1S/C16H33NO/c1-14(2)12-17-13-16(8-6-5-7-9-16)10-11-18-15(3)4/h14-15,17H,5-13H2,1-4H3. The van der Waals surface area contributed by atoms with E-state index in [9.17, 15) is 0 Å². The Kier molecular flexibility index (Phi) is 7.25. The lowest BCUT2D eigenvalue weighted by Crippen LogP contribution is -2.38. The molecule has 0 amide bonds. The van der Waals surface area contributed by atoms with Gasteiger partial charge < -0.3 is 10.1 Å². The van der Waals surface area contributed by atoms with Crippen molar-refractivity contribution < 1.29 is 4.74 Å². The lowest BCUT2D eigenvalue weighted by Gasteiger charge is -2.38. The van der Waals surface area contributed by atoms with Crippen molar-refractivity contribution in [3.63, 3.8) is 0 Å². The fourth-order valence-electron chi connectivity index (χ4n) is 2.95. The molecule has 0 radical (unpaired) electrons. The van der Waals surface area contributed by atoms with E-state index in [2.05, 4.69) is 33.0 Å². The zero-order valence-electron chi connectivity index (χ0n) is 12.9. The van der Waals surface area contributed by atoms with E-state index in [0.717, 1.165) is 19.1 Å². The highest BCUT2D eigenvalue weighted by atomic mass is 16.5. The third-order valence-corrected chi connectivity index (χ3v) is 4.05. The van der Waals surface area contributed by atoms with Gasteiger partial charge in [0.1, 0.15) is 0 Å². The number of ether oxygens (including phenoxy) is 1. The van der Waals surface area contributed by atoms with Gasteiger partial charge in [-0.2, -0.15) is 0 Å². The molecule has 2 heteroatoms. The topological polar surface area (TPSA) is 21.3 Å². The first-order valence-electron chi connectivity index (χ1n) is 7.86. The molecule has 0 heterocycles. The second-order valence-corrected chi connectivity index (χ2v) is 6.75. The summed E-state index contributed by atoms with van der Waals surface area (Å²) in [5.41, 5.74) is 0.516. The summed E-state index contributed by atoms with van der Waals surface area (Å²) in [5.74, 6) is 0.748. The largest absolute Gasteiger partial charge is 0.379 e. The molecule has 1 rings (SSSR count). The van der Waals surface area contributed by atoms with Crippen LogP contribution in [-0.2, 0) is 4.74 Å². The zero-order chi connectivity index (χ0) is 13.4. The van der Waals surface area contributed by atoms with Crippen molar-refractivity contribution in [3.05, 3.63) is 0 Å². The van der Waals surface area contributed by atoms with Gasteiger partial charge in [0.05, 0.1) is 6.10 Å². The Labute approximate surface area is 114 Å². The van der Waals surface area contributed by atoms with Gasteiger partial charge >= 0.3 is 0 Å². The van der Waals surface area contributed by atoms with Gasteiger partial charge in [-0.05, 0) is 51.0 Å². The van der Waals surface area contributed by atoms with Crippen LogP contribution in [-0.4, -0.2) is 25.8 Å². The summed E-state index contributed by atoms with van der Waals surface area (Å²) < 4.78 is 5.77. The molecular formula is C16H33NO. The minimum Gasteiger partial charge on any atom is -0.379 e. The molecule has 18 heavy (non-hydrogen) atoms. The van der Waals surface area contributed by atoms with E-state index in [1.165, 1.54) is 45.1 Å². The maximum atomic E-state index is 5.77. The van der Waals surface area contributed by atoms with E-state index in [4.69, 9.17) is 4.74 Å². The Morgan fingerprint density at radius 3 is 2.28 bits per heavy atom. The smallest absolute Gasteiger partial charge is 0.0518 e. The molecular weight excluding hydrogens is 222 g/mol. The molecule has 1 aliphatic rings. The Balaban J connectivity index is 2.36. The maximum absolute atomic E-state index is 5.77. The van der Waals surface area contributed by atoms with Crippen molar-refractivity contribution in [1.29, 1.82) is 0 Å². The van der Waals surface area contributed by atoms with Crippen molar-refractivity contribution >= 4 is 0 Å². The third-order valence-electron chi connectivity index (χ3n) is 4.05. The fraction of sp³-hybridized carbons (Fsp3) is 1.00. The first-order valence-corrected chi connectivity index (χ1v) is 7.86. The van der Waals surface area contributed by atoms with E-state index in [-0.39, 0.29) is 0 Å². The highest BCUT2D eigenvalue weighted by Crippen LogP contribution is 2.38. The van der Waals surface area contributed by atoms with Crippen LogP contribution in [0.3, 0.4) is 0 Å². The van der Waals surface area contributed by atoms with Crippen LogP contribution >= 0.6 is 0 Å². The monoisotopic (exact) mass is 255 g/mol. The second kappa shape index (κ2) is 8.16. The number of nitrogens with one attached hydrogen (secondary N) is 1. The second-order valence-electron chi connectivity index (χ2n) is 6.75. The first kappa shape index (κ1) is 16.0. The van der Waals surface area contributed by atoms with Crippen LogP contribution in [0.25, 0.3) is 0 Å². The molecule has 2 nitrogen and oxygen atoms in total. The first-order chi connectivity index (χ1) is 8.54. The molecule has 1 aliphatic carbocycles. The zero-order valence-corrected chi connectivity index (χ0v) is 12.9. The molecule has 108 valence electrons. The normalized spacial score (nSPS) is 19.7. The van der Waals surface area contributed by atoms with E-state index in [1.807, 2.05) is 0 Å². The van der Waals surface area contributed by atoms with Crippen LogP contribution in [0, 0.1) is 11.3 Å². The number of rotatable bonds is 8. The van der Waals surface area contributed by atoms with Crippen LogP contribution in [0.4, 0.5) is 0 Å². The average Bonchev–Trinajstić information content (AvgIpc) is 2.29. The molecule has 0 aliphatic heterocycles. The Morgan fingerprint density at radius 2 is 1.72 bits per heavy atom. The summed E-state index contributed by atoms with van der Waals surface area (Å²) in [6.07, 6.45) is 8.62. The molecule has 1 saturated carbocycles. The predicted octanol–water partition coefficient (Wildman–Crippen LogP) is 4.00. The van der Waals surface area contributed by atoms with Crippen molar-refractivity contribution in [1.82, 2.24) is 5.32 Å². The Morgan fingerprint density at radius 1 is 1.06 bits per heavy atom. The van der Waals surface area contributed by atoms with Gasteiger partial charge in [0.15, 0.2) is 0 Å². The molecule has 1 fully saturated rings. The maximum Gasteiger partial charge on any atom is 0.0518 e. The number of hydrogen-bond donors (Lipinski definition) is 1. The minimum atomic E-state index is 0.370. The molecule has 0 atom stereocenters. The minimum absolute atomic E-state index is 0.370. The summed E-state index contributed by atoms with van der Waals surface area (Å²) in [6.45, 7) is 12.1. The van der Waals surface area contributed by atoms with Crippen molar-refractivity contribution in [2.45, 2.75) is 72.3 Å². The quantitative estimate of drug-likeness (QED) is 0.708. The fourth-order valence-corrected chi connectivity index (χ4v) is 2.95. The van der Waals surface area contributed by atoms with Crippen LogP contribution in [0.5, 0.6) is 0 Å². The van der Waals surface area contributed by atoms with E-state index >= 15 is 0 Å². The van der Waals surface area contributed by atoms with Crippen LogP contribution < -0.4 is 5.32 Å². The van der Waals surface area contributed by atoms with E-state index in [0.29, 0.717) is 11.5 Å². The summed E-state index contributed by atoms with van der Waals surface area (Å²) >= 11 is 0. The summed E-state index contributed by atoms with van der Waals surface area (Å²) in [5, 5.41) is 3.68. The Bertz CT molecular complexity index is 191. The molecule has 1 N–H and O–H groups in total. The number of hydrogen-bond acceptors (Lipinski definition) is 2. The SMILES string of the molecule is CC(C)CNCC1(CCOC(C)C)CCCCC1. The molecule has 0 aromatic carbocycles. The predicted molar refractivity (Wildman–Crippen MR) is 78.9 cm³/mol. The van der Waals surface area contributed by atoms with Gasteiger partial charge in [-0.3, -0.25) is 0 Å². The van der Waals surface area contributed by atoms with Crippen molar-refractivity contribution in [2.24, 2.45) is 11.3 Å². The van der Waals surface area contributed by atoms with Crippen LogP contribution in [0.2, 0.25) is 0 Å². The van der Waals surface area contributed by atoms with Gasteiger partial charge in [0.2, 0.25) is 0 Å². The molecule has 0 saturated heterocycles. The lowest BCUT2D eigenvalue weighted by atomic mass is 9.72. The summed E-state index contributed by atoms with van der Waals surface area (Å²) in [7, 11) is 0. The Hall–Kier alpha value is -0.0800. The highest BCUT2D eigenvalue weighted by molar-refractivity contribution is 4.85. The molecule has 0 aromatic heterocycles. The van der Waals surface area contributed by atoms with E-state index in [1.54, 1.807) is 0 Å². The van der Waals surface area contributed by atoms with Crippen LogP contribution in [0.1, 0.15) is 66.2 Å². The van der Waals surface area contributed by atoms with Gasteiger partial charge in [0.25, 0.3) is 0 Å². The van der Waals surface area contributed by atoms with Gasteiger partial charge in [0, 0.05) is 13.2 Å². The lowest BCUT2D eigenvalue weighted by molar-refractivity contribution is 0.0387. The van der Waals surface area contributed by atoms with Crippen LogP contribution in [0.15, 0.2) is 0 Å². The molecule has 0 bridgehead atoms. The molecule has 0 spiro atoms. The van der Waals surface area contributed by atoms with E-state index < -0.39 is 0 Å². The van der Waals surface area contributed by atoms with Gasteiger partial charge in [-0.15, -0.1) is 0 Å². The van der Waals surface area contributed by atoms with Crippen molar-refractivity contribution in [2.75, 3.05) is 19.7 Å². The third kappa shape index (κ3) is 6.19. The summed E-state index contributed by atoms with van der Waals surface area (Å²) in [4.78, 5) is 0. The van der Waals surface area contributed by atoms with Crippen molar-refractivity contribution in [3.8, 4) is 0 Å². The molecule has 0 unspecified atom stereocenters. The highest BCUT2D eigenvalue weighted by Gasteiger charge is 2.31. The summed E-state index contributed by atoms with van der Waals surface area (Å²) in [6, 6.07) is 0. The van der Waals surface area contributed by atoms with Gasteiger partial charge in [-0.25, -0.2) is 0 Å². The van der Waals surface area contributed by atoms with Gasteiger partial charge in [-0.1, -0.05) is 33.1 Å². The average molecular weight is 255 g/mol.